The highest BCUT2D eigenvalue weighted by Gasteiger charge is 2.52. The predicted molar refractivity (Wildman–Crippen MR) is 100 cm³/mol. The first kappa shape index (κ1) is 18.0. The quantitative estimate of drug-likeness (QED) is 0.756. The van der Waals surface area contributed by atoms with E-state index in [1.807, 2.05) is 12.1 Å². The summed E-state index contributed by atoms with van der Waals surface area (Å²) >= 11 is 6.05. The van der Waals surface area contributed by atoms with Gasteiger partial charge in [-0.3, -0.25) is 4.90 Å². The van der Waals surface area contributed by atoms with Crippen molar-refractivity contribution in [1.29, 1.82) is 0 Å². The zero-order valence-corrected chi connectivity index (χ0v) is 16.1. The molecule has 0 aliphatic carbocycles. The minimum absolute atomic E-state index is 0.200. The van der Waals surface area contributed by atoms with E-state index in [9.17, 15) is 0 Å². The van der Waals surface area contributed by atoms with Gasteiger partial charge in [-0.1, -0.05) is 23.7 Å². The molecule has 0 unspecified atom stereocenters. The molecule has 2 heterocycles. The number of rotatable bonds is 3. The highest BCUT2D eigenvalue weighted by Crippen LogP contribution is 2.39. The lowest BCUT2D eigenvalue weighted by molar-refractivity contribution is 0.00578. The fraction of sp³-hybridized carbons (Fsp3) is 0.579. The first-order chi connectivity index (χ1) is 11.2. The Labute approximate surface area is 151 Å². The van der Waals surface area contributed by atoms with Crippen molar-refractivity contribution in [3.05, 3.63) is 45.9 Å². The third-order valence-corrected chi connectivity index (χ3v) is 5.82. The molecule has 3 rings (SSSR count). The second-order valence-corrected chi connectivity index (χ2v) is 8.36. The van der Waals surface area contributed by atoms with E-state index in [1.54, 1.807) is 0 Å². The van der Waals surface area contributed by atoms with E-state index < -0.39 is 0 Å². The zero-order valence-electron chi connectivity index (χ0n) is 15.4. The average Bonchev–Trinajstić information content (AvgIpc) is 2.71. The molecule has 0 radical (unpaired) electrons. The van der Waals surface area contributed by atoms with Gasteiger partial charge in [0, 0.05) is 24.7 Å². The fourth-order valence-electron chi connectivity index (χ4n) is 3.16. The lowest BCUT2D eigenvalue weighted by atomic mass is 9.74. The standard InChI is InChI=1S/C19H27BClNO2/c1-14-12-17(21)7-6-15(14)13-22-10-8-16(9-11-22)20-23-18(2,3)19(4,5)24-20/h6-8,12H,9-11,13H2,1-5H3. The first-order valence-corrected chi connectivity index (χ1v) is 9.08. The molecule has 1 aromatic rings. The molecule has 0 N–H and O–H groups in total. The van der Waals surface area contributed by atoms with Gasteiger partial charge in [0.15, 0.2) is 0 Å². The lowest BCUT2D eigenvalue weighted by Gasteiger charge is -2.32. The molecule has 2 aliphatic rings. The van der Waals surface area contributed by atoms with E-state index in [2.05, 4.69) is 51.7 Å². The topological polar surface area (TPSA) is 21.7 Å². The van der Waals surface area contributed by atoms with Crippen molar-refractivity contribution in [2.75, 3.05) is 13.1 Å². The highest BCUT2D eigenvalue weighted by atomic mass is 35.5. The van der Waals surface area contributed by atoms with Gasteiger partial charge in [0.1, 0.15) is 0 Å². The third-order valence-electron chi connectivity index (χ3n) is 5.58. The molecule has 1 saturated heterocycles. The van der Waals surface area contributed by atoms with E-state index in [1.165, 1.54) is 16.6 Å². The number of aryl methyl sites for hydroxylation is 1. The summed E-state index contributed by atoms with van der Waals surface area (Å²) < 4.78 is 12.3. The number of halogens is 1. The average molecular weight is 348 g/mol. The number of benzene rings is 1. The van der Waals surface area contributed by atoms with Crippen molar-refractivity contribution < 1.29 is 9.31 Å². The van der Waals surface area contributed by atoms with Gasteiger partial charge in [-0.05, 0) is 69.8 Å². The van der Waals surface area contributed by atoms with Crippen molar-refractivity contribution >= 4 is 18.7 Å². The molecule has 1 aromatic carbocycles. The van der Waals surface area contributed by atoms with Crippen molar-refractivity contribution in [3.8, 4) is 0 Å². The summed E-state index contributed by atoms with van der Waals surface area (Å²) in [4.78, 5) is 2.45. The highest BCUT2D eigenvalue weighted by molar-refractivity contribution is 6.54. The molecule has 0 amide bonds. The van der Waals surface area contributed by atoms with Crippen LogP contribution in [-0.2, 0) is 15.9 Å². The molecule has 1 fully saturated rings. The Morgan fingerprint density at radius 2 is 1.83 bits per heavy atom. The van der Waals surface area contributed by atoms with Crippen LogP contribution in [0.5, 0.6) is 0 Å². The molecular formula is C19H27BClNO2. The molecule has 5 heteroatoms. The summed E-state index contributed by atoms with van der Waals surface area (Å²) in [5.74, 6) is 0. The summed E-state index contributed by atoms with van der Waals surface area (Å²) in [5, 5.41) is 0.804. The van der Waals surface area contributed by atoms with Crippen molar-refractivity contribution in [2.24, 2.45) is 0 Å². The Hall–Kier alpha value is -0.805. The van der Waals surface area contributed by atoms with Crippen LogP contribution in [0.2, 0.25) is 5.02 Å². The summed E-state index contributed by atoms with van der Waals surface area (Å²) in [6.07, 6.45) is 3.26. The maximum Gasteiger partial charge on any atom is 0.490 e. The van der Waals surface area contributed by atoms with Crippen LogP contribution in [0.3, 0.4) is 0 Å². The summed E-state index contributed by atoms with van der Waals surface area (Å²) in [6, 6.07) is 6.14. The number of hydrogen-bond acceptors (Lipinski definition) is 3. The number of hydrogen-bond donors (Lipinski definition) is 0. The maximum absolute atomic E-state index is 6.17. The van der Waals surface area contributed by atoms with Crippen LogP contribution in [0.15, 0.2) is 29.7 Å². The van der Waals surface area contributed by atoms with Crippen LogP contribution in [0.1, 0.15) is 45.2 Å². The molecule has 2 aliphatic heterocycles. The van der Waals surface area contributed by atoms with E-state index in [0.29, 0.717) is 0 Å². The second kappa shape index (κ2) is 6.49. The maximum atomic E-state index is 6.17. The minimum atomic E-state index is -0.268. The van der Waals surface area contributed by atoms with Gasteiger partial charge in [-0.25, -0.2) is 0 Å². The lowest BCUT2D eigenvalue weighted by Crippen LogP contribution is -2.41. The molecule has 24 heavy (non-hydrogen) atoms. The predicted octanol–water partition coefficient (Wildman–Crippen LogP) is 4.41. The van der Waals surface area contributed by atoms with Crippen LogP contribution >= 0.6 is 11.6 Å². The first-order valence-electron chi connectivity index (χ1n) is 8.70. The van der Waals surface area contributed by atoms with Gasteiger partial charge in [-0.15, -0.1) is 0 Å². The summed E-state index contributed by atoms with van der Waals surface area (Å²) in [5.41, 5.74) is 3.33. The van der Waals surface area contributed by atoms with E-state index in [-0.39, 0.29) is 18.3 Å². The van der Waals surface area contributed by atoms with Gasteiger partial charge in [-0.2, -0.15) is 0 Å². The minimum Gasteiger partial charge on any atom is -0.400 e. The van der Waals surface area contributed by atoms with Crippen LogP contribution in [-0.4, -0.2) is 36.3 Å². The second-order valence-electron chi connectivity index (χ2n) is 7.92. The Balaban J connectivity index is 1.63. The van der Waals surface area contributed by atoms with Gasteiger partial charge in [0.2, 0.25) is 0 Å². The van der Waals surface area contributed by atoms with Crippen LogP contribution in [0.25, 0.3) is 0 Å². The van der Waals surface area contributed by atoms with Crippen LogP contribution in [0.4, 0.5) is 0 Å². The van der Waals surface area contributed by atoms with Crippen molar-refractivity contribution in [2.45, 2.75) is 58.8 Å². The third kappa shape index (κ3) is 3.57. The molecule has 0 saturated carbocycles. The van der Waals surface area contributed by atoms with Crippen LogP contribution < -0.4 is 0 Å². The molecule has 0 aromatic heterocycles. The molecule has 3 nitrogen and oxygen atoms in total. The number of nitrogens with zero attached hydrogens (tertiary/aromatic N) is 1. The van der Waals surface area contributed by atoms with Gasteiger partial charge in [0.05, 0.1) is 11.2 Å². The normalized spacial score (nSPS) is 23.4. The molecule has 0 atom stereocenters. The Kier molecular flexibility index (Phi) is 4.87. The zero-order chi connectivity index (χ0) is 17.5. The van der Waals surface area contributed by atoms with Gasteiger partial charge >= 0.3 is 7.12 Å². The van der Waals surface area contributed by atoms with E-state index in [0.717, 1.165) is 31.1 Å². The summed E-state index contributed by atoms with van der Waals surface area (Å²) in [6.45, 7) is 13.4. The molecular weight excluding hydrogens is 320 g/mol. The van der Waals surface area contributed by atoms with Crippen molar-refractivity contribution in [3.63, 3.8) is 0 Å². The molecule has 130 valence electrons. The fourth-order valence-corrected chi connectivity index (χ4v) is 3.38. The largest absolute Gasteiger partial charge is 0.490 e. The van der Waals surface area contributed by atoms with Crippen LogP contribution in [0, 0.1) is 6.92 Å². The van der Waals surface area contributed by atoms with E-state index >= 15 is 0 Å². The smallest absolute Gasteiger partial charge is 0.400 e. The SMILES string of the molecule is Cc1cc(Cl)ccc1CN1CC=C(B2OC(C)(C)C(C)(C)O2)CC1. The van der Waals surface area contributed by atoms with E-state index in [4.69, 9.17) is 20.9 Å². The molecule has 0 bridgehead atoms. The van der Waals surface area contributed by atoms with Gasteiger partial charge in [0.25, 0.3) is 0 Å². The Morgan fingerprint density at radius 3 is 2.38 bits per heavy atom. The van der Waals surface area contributed by atoms with Gasteiger partial charge < -0.3 is 9.31 Å². The Morgan fingerprint density at radius 1 is 1.17 bits per heavy atom. The monoisotopic (exact) mass is 347 g/mol. The Bertz CT molecular complexity index is 641. The molecule has 0 spiro atoms. The van der Waals surface area contributed by atoms with Crippen molar-refractivity contribution in [1.82, 2.24) is 4.90 Å². The summed E-state index contributed by atoms with van der Waals surface area (Å²) in [7, 11) is -0.200.